The standard InChI is InChI=1S/C11H9NO/c1-2-7-11-9(5-1)10-6-3-4-8-12(10)13-11/h1-8,10H. The number of rotatable bonds is 0. The van der Waals surface area contributed by atoms with Gasteiger partial charge >= 0.3 is 0 Å². The van der Waals surface area contributed by atoms with E-state index < -0.39 is 0 Å². The number of para-hydroxylation sites is 1. The molecule has 0 aliphatic carbocycles. The van der Waals surface area contributed by atoms with Crippen LogP contribution >= 0.6 is 0 Å². The van der Waals surface area contributed by atoms with E-state index in [-0.39, 0.29) is 6.04 Å². The Morgan fingerprint density at radius 1 is 1.15 bits per heavy atom. The first-order valence-electron chi connectivity index (χ1n) is 4.35. The van der Waals surface area contributed by atoms with E-state index in [2.05, 4.69) is 12.1 Å². The van der Waals surface area contributed by atoms with Gasteiger partial charge in [0.15, 0.2) is 5.75 Å². The summed E-state index contributed by atoms with van der Waals surface area (Å²) in [7, 11) is 0. The summed E-state index contributed by atoms with van der Waals surface area (Å²) in [5, 5.41) is 1.87. The van der Waals surface area contributed by atoms with Gasteiger partial charge in [0.1, 0.15) is 6.04 Å². The highest BCUT2D eigenvalue weighted by atomic mass is 16.7. The van der Waals surface area contributed by atoms with Crippen molar-refractivity contribution in [3.8, 4) is 5.75 Å². The van der Waals surface area contributed by atoms with Crippen molar-refractivity contribution in [3.05, 3.63) is 54.3 Å². The van der Waals surface area contributed by atoms with Crippen molar-refractivity contribution in [2.45, 2.75) is 6.04 Å². The Morgan fingerprint density at radius 3 is 3.08 bits per heavy atom. The molecule has 1 aromatic carbocycles. The summed E-state index contributed by atoms with van der Waals surface area (Å²) in [6.07, 6.45) is 8.10. The van der Waals surface area contributed by atoms with Crippen molar-refractivity contribution in [2.75, 3.05) is 0 Å². The summed E-state index contributed by atoms with van der Waals surface area (Å²) in [5.74, 6) is 0.962. The third-order valence-corrected chi connectivity index (χ3v) is 2.35. The molecule has 3 rings (SSSR count). The smallest absolute Gasteiger partial charge is 0.161 e. The van der Waals surface area contributed by atoms with Crippen molar-refractivity contribution in [3.63, 3.8) is 0 Å². The van der Waals surface area contributed by atoms with Crippen molar-refractivity contribution in [1.82, 2.24) is 5.06 Å². The maximum absolute atomic E-state index is 5.61. The molecule has 2 heteroatoms. The molecule has 0 aromatic heterocycles. The van der Waals surface area contributed by atoms with E-state index in [9.17, 15) is 0 Å². The predicted molar refractivity (Wildman–Crippen MR) is 49.9 cm³/mol. The van der Waals surface area contributed by atoms with Gasteiger partial charge in [0.05, 0.1) is 0 Å². The Balaban J connectivity index is 2.12. The lowest BCUT2D eigenvalue weighted by molar-refractivity contribution is -0.00541. The Kier molecular flexibility index (Phi) is 1.25. The number of hydrogen-bond acceptors (Lipinski definition) is 2. The van der Waals surface area contributed by atoms with Crippen LogP contribution in [0.15, 0.2) is 48.7 Å². The van der Waals surface area contributed by atoms with E-state index >= 15 is 0 Å². The molecular formula is C11H9NO. The lowest BCUT2D eigenvalue weighted by Crippen LogP contribution is -2.19. The minimum atomic E-state index is 0.265. The van der Waals surface area contributed by atoms with Gasteiger partial charge < -0.3 is 4.84 Å². The van der Waals surface area contributed by atoms with Crippen LogP contribution in [0.5, 0.6) is 5.75 Å². The quantitative estimate of drug-likeness (QED) is 0.594. The Hall–Kier alpha value is -1.70. The SMILES string of the molecule is C1=CC2c3ccccc3ON2C=C1. The van der Waals surface area contributed by atoms with Gasteiger partial charge in [-0.1, -0.05) is 30.4 Å². The molecule has 0 N–H and O–H groups in total. The zero-order chi connectivity index (χ0) is 8.67. The van der Waals surface area contributed by atoms with E-state index in [0.29, 0.717) is 0 Å². The van der Waals surface area contributed by atoms with Crippen molar-refractivity contribution >= 4 is 0 Å². The molecule has 64 valence electrons. The maximum Gasteiger partial charge on any atom is 0.161 e. The third kappa shape index (κ3) is 0.886. The molecule has 0 saturated carbocycles. The first-order chi connectivity index (χ1) is 6.45. The number of fused-ring (bicyclic) bond motifs is 3. The van der Waals surface area contributed by atoms with Gasteiger partial charge in [-0.3, -0.25) is 0 Å². The van der Waals surface area contributed by atoms with Crippen LogP contribution in [-0.2, 0) is 0 Å². The average molecular weight is 171 g/mol. The molecular weight excluding hydrogens is 162 g/mol. The number of benzene rings is 1. The lowest BCUT2D eigenvalue weighted by Gasteiger charge is -2.19. The van der Waals surface area contributed by atoms with E-state index in [0.717, 1.165) is 5.75 Å². The van der Waals surface area contributed by atoms with Gasteiger partial charge in [-0.25, -0.2) is 5.06 Å². The number of allylic oxidation sites excluding steroid dienone is 2. The summed E-state index contributed by atoms with van der Waals surface area (Å²) in [5.41, 5.74) is 1.24. The Labute approximate surface area is 76.7 Å². The topological polar surface area (TPSA) is 12.5 Å². The van der Waals surface area contributed by atoms with Crippen molar-refractivity contribution in [2.24, 2.45) is 0 Å². The van der Waals surface area contributed by atoms with E-state index in [4.69, 9.17) is 4.84 Å². The molecule has 2 aliphatic heterocycles. The van der Waals surface area contributed by atoms with Gasteiger partial charge in [0.25, 0.3) is 0 Å². The largest absolute Gasteiger partial charge is 0.379 e. The molecule has 0 saturated heterocycles. The molecule has 1 aromatic rings. The van der Waals surface area contributed by atoms with Gasteiger partial charge in [0, 0.05) is 11.8 Å². The van der Waals surface area contributed by atoms with Crippen LogP contribution in [0.1, 0.15) is 11.6 Å². The van der Waals surface area contributed by atoms with Crippen LogP contribution in [0.4, 0.5) is 0 Å². The van der Waals surface area contributed by atoms with Crippen LogP contribution in [0.25, 0.3) is 0 Å². The van der Waals surface area contributed by atoms with Gasteiger partial charge in [-0.2, -0.15) is 0 Å². The first-order valence-corrected chi connectivity index (χ1v) is 4.35. The van der Waals surface area contributed by atoms with Crippen LogP contribution < -0.4 is 4.84 Å². The molecule has 0 bridgehead atoms. The minimum Gasteiger partial charge on any atom is -0.379 e. The normalized spacial score (nSPS) is 22.5. The molecule has 0 spiro atoms. The summed E-state index contributed by atoms with van der Waals surface area (Å²) < 4.78 is 0. The monoisotopic (exact) mass is 171 g/mol. The highest BCUT2D eigenvalue weighted by Gasteiger charge is 2.28. The molecule has 0 amide bonds. The van der Waals surface area contributed by atoms with Crippen LogP contribution in [0.3, 0.4) is 0 Å². The van der Waals surface area contributed by atoms with Crippen molar-refractivity contribution < 1.29 is 4.84 Å². The minimum absolute atomic E-state index is 0.265. The fraction of sp³-hybridized carbons (Fsp3) is 0.0909. The second kappa shape index (κ2) is 2.39. The second-order valence-corrected chi connectivity index (χ2v) is 3.16. The number of hydroxylamine groups is 2. The van der Waals surface area contributed by atoms with Gasteiger partial charge in [0.2, 0.25) is 0 Å². The van der Waals surface area contributed by atoms with E-state index in [1.807, 2.05) is 41.6 Å². The highest BCUT2D eigenvalue weighted by molar-refractivity contribution is 5.42. The van der Waals surface area contributed by atoms with Crippen LogP contribution in [0.2, 0.25) is 0 Å². The van der Waals surface area contributed by atoms with Crippen LogP contribution in [-0.4, -0.2) is 5.06 Å². The third-order valence-electron chi connectivity index (χ3n) is 2.35. The molecule has 0 radical (unpaired) electrons. The average Bonchev–Trinajstić information content (AvgIpc) is 2.56. The Morgan fingerprint density at radius 2 is 2.08 bits per heavy atom. The predicted octanol–water partition coefficient (Wildman–Crippen LogP) is 2.42. The summed E-state index contributed by atoms with van der Waals surface area (Å²) in [4.78, 5) is 5.61. The van der Waals surface area contributed by atoms with Crippen molar-refractivity contribution in [1.29, 1.82) is 0 Å². The fourth-order valence-corrected chi connectivity index (χ4v) is 1.73. The van der Waals surface area contributed by atoms with Crippen LogP contribution in [0, 0.1) is 0 Å². The fourth-order valence-electron chi connectivity index (χ4n) is 1.73. The molecule has 2 heterocycles. The lowest BCUT2D eigenvalue weighted by atomic mass is 10.1. The number of hydrogen-bond donors (Lipinski definition) is 0. The molecule has 13 heavy (non-hydrogen) atoms. The summed E-state index contributed by atoms with van der Waals surface area (Å²) in [6, 6.07) is 8.39. The highest BCUT2D eigenvalue weighted by Crippen LogP contribution is 2.39. The van der Waals surface area contributed by atoms with Gasteiger partial charge in [-0.15, -0.1) is 0 Å². The zero-order valence-electron chi connectivity index (χ0n) is 7.05. The molecule has 1 atom stereocenters. The molecule has 1 unspecified atom stereocenters. The Bertz CT molecular complexity index is 395. The number of nitrogens with zero attached hydrogens (tertiary/aromatic N) is 1. The first kappa shape index (κ1) is 6.78. The molecule has 0 fully saturated rings. The van der Waals surface area contributed by atoms with E-state index in [1.165, 1.54) is 5.56 Å². The summed E-state index contributed by atoms with van der Waals surface area (Å²) >= 11 is 0. The molecule has 2 aliphatic rings. The maximum atomic E-state index is 5.61. The van der Waals surface area contributed by atoms with E-state index in [1.54, 1.807) is 0 Å². The zero-order valence-corrected chi connectivity index (χ0v) is 7.05. The molecule has 2 nitrogen and oxygen atoms in total. The second-order valence-electron chi connectivity index (χ2n) is 3.16. The summed E-state index contributed by atoms with van der Waals surface area (Å²) in [6.45, 7) is 0. The van der Waals surface area contributed by atoms with Gasteiger partial charge in [-0.05, 0) is 12.1 Å².